The van der Waals surface area contributed by atoms with Gasteiger partial charge in [-0.15, -0.1) is 0 Å². The molecule has 0 radical (unpaired) electrons. The molecule has 3 aromatic heterocycles. The van der Waals surface area contributed by atoms with Gasteiger partial charge in [0.15, 0.2) is 0 Å². The molecule has 0 saturated carbocycles. The summed E-state index contributed by atoms with van der Waals surface area (Å²) in [6.07, 6.45) is 3.86. The van der Waals surface area contributed by atoms with Crippen LogP contribution in [0.25, 0.3) is 76.9 Å². The molecule has 9 aromatic rings. The summed E-state index contributed by atoms with van der Waals surface area (Å²) < 4.78 is 4.76. The molecule has 3 heteroatoms. The van der Waals surface area contributed by atoms with Crippen molar-refractivity contribution in [3.05, 3.63) is 152 Å². The predicted octanol–water partition coefficient (Wildman–Crippen LogP) is 10.1. The quantitative estimate of drug-likeness (QED) is 0.221. The van der Waals surface area contributed by atoms with Crippen LogP contribution < -0.4 is 0 Å². The monoisotopic (exact) mass is 535 g/mol. The molecule has 6 aromatic carbocycles. The largest absolute Gasteiger partial charge is 0.309 e. The molecule has 0 bridgehead atoms. The summed E-state index contributed by atoms with van der Waals surface area (Å²) in [6, 6.07) is 50.4. The molecule has 196 valence electrons. The molecule has 0 saturated heterocycles. The minimum Gasteiger partial charge on any atom is -0.309 e. The van der Waals surface area contributed by atoms with Crippen molar-refractivity contribution in [2.45, 2.75) is 0 Å². The summed E-state index contributed by atoms with van der Waals surface area (Å²) >= 11 is 0. The smallest absolute Gasteiger partial charge is 0.0571 e. The van der Waals surface area contributed by atoms with Gasteiger partial charge in [-0.2, -0.15) is 0 Å². The molecule has 9 rings (SSSR count). The van der Waals surface area contributed by atoms with E-state index in [1.54, 1.807) is 0 Å². The molecule has 0 aliphatic rings. The van der Waals surface area contributed by atoms with E-state index in [1.807, 2.05) is 12.4 Å². The fourth-order valence-corrected chi connectivity index (χ4v) is 6.74. The highest BCUT2D eigenvalue weighted by molar-refractivity contribution is 6.17. The highest BCUT2D eigenvalue weighted by Gasteiger charge is 2.18. The number of pyridine rings is 1. The van der Waals surface area contributed by atoms with Crippen LogP contribution in [0, 0.1) is 0 Å². The van der Waals surface area contributed by atoms with Crippen LogP contribution in [-0.2, 0) is 0 Å². The van der Waals surface area contributed by atoms with E-state index in [-0.39, 0.29) is 0 Å². The Kier molecular flexibility index (Phi) is 4.90. The van der Waals surface area contributed by atoms with Crippen LogP contribution in [0.2, 0.25) is 0 Å². The van der Waals surface area contributed by atoms with Gasteiger partial charge in [-0.1, -0.05) is 91.0 Å². The summed E-state index contributed by atoms with van der Waals surface area (Å²) in [5, 5.41) is 7.38. The van der Waals surface area contributed by atoms with E-state index in [0.717, 1.165) is 16.6 Å². The number of hydrogen-bond donors (Lipinski definition) is 0. The Morgan fingerprint density at radius 1 is 0.429 bits per heavy atom. The zero-order valence-corrected chi connectivity index (χ0v) is 22.8. The van der Waals surface area contributed by atoms with E-state index in [4.69, 9.17) is 0 Å². The molecular formula is C39H25N3. The number of benzene rings is 6. The molecule has 0 aliphatic heterocycles. The van der Waals surface area contributed by atoms with Crippen molar-refractivity contribution in [2.24, 2.45) is 0 Å². The van der Waals surface area contributed by atoms with Gasteiger partial charge in [0.05, 0.1) is 22.1 Å². The van der Waals surface area contributed by atoms with E-state index in [2.05, 4.69) is 154 Å². The van der Waals surface area contributed by atoms with Gasteiger partial charge in [0.1, 0.15) is 0 Å². The van der Waals surface area contributed by atoms with Crippen molar-refractivity contribution in [1.29, 1.82) is 0 Å². The summed E-state index contributed by atoms with van der Waals surface area (Å²) in [4.78, 5) is 4.46. The second-order valence-corrected chi connectivity index (χ2v) is 10.9. The summed E-state index contributed by atoms with van der Waals surface area (Å²) in [6.45, 7) is 0. The predicted molar refractivity (Wildman–Crippen MR) is 176 cm³/mol. The molecule has 0 amide bonds. The third-order valence-electron chi connectivity index (χ3n) is 8.58. The lowest BCUT2D eigenvalue weighted by atomic mass is 9.98. The second kappa shape index (κ2) is 8.92. The average molecular weight is 536 g/mol. The second-order valence-electron chi connectivity index (χ2n) is 10.9. The van der Waals surface area contributed by atoms with Crippen molar-refractivity contribution >= 4 is 54.4 Å². The topological polar surface area (TPSA) is 22.8 Å². The molecule has 0 spiro atoms. The van der Waals surface area contributed by atoms with Crippen LogP contribution in [0.4, 0.5) is 0 Å². The van der Waals surface area contributed by atoms with Gasteiger partial charge in [0, 0.05) is 45.3 Å². The van der Waals surface area contributed by atoms with Gasteiger partial charge < -0.3 is 9.13 Å². The molecule has 0 aliphatic carbocycles. The Hall–Kier alpha value is -5.67. The Morgan fingerprint density at radius 3 is 2.12 bits per heavy atom. The fourth-order valence-electron chi connectivity index (χ4n) is 6.74. The maximum absolute atomic E-state index is 4.46. The van der Waals surface area contributed by atoms with Crippen LogP contribution in [0.5, 0.6) is 0 Å². The fraction of sp³-hybridized carbons (Fsp3) is 0. The standard InChI is InChI=1S/C39H25N3/c1-2-11-29(12-3-1)41-36-21-22-40-25-34(36)32-20-18-28(24-38(32)41)31-14-8-16-37-39(31)33-13-6-7-15-35(33)42(37)30-19-17-26-9-4-5-10-27(26)23-30/h1-25H. The van der Waals surface area contributed by atoms with Crippen LogP contribution in [-0.4, -0.2) is 14.1 Å². The minimum atomic E-state index is 1.15. The first-order valence-corrected chi connectivity index (χ1v) is 14.3. The Labute approximate surface area is 242 Å². The van der Waals surface area contributed by atoms with E-state index in [9.17, 15) is 0 Å². The third-order valence-corrected chi connectivity index (χ3v) is 8.58. The van der Waals surface area contributed by atoms with Crippen LogP contribution in [0.15, 0.2) is 152 Å². The highest BCUT2D eigenvalue weighted by Crippen LogP contribution is 2.41. The molecule has 0 atom stereocenters. The first-order valence-electron chi connectivity index (χ1n) is 14.3. The summed E-state index contributed by atoms with van der Waals surface area (Å²) in [5.41, 5.74) is 9.50. The minimum absolute atomic E-state index is 1.15. The SMILES string of the molecule is c1ccc(-n2c3ccncc3c3ccc(-c4cccc5c4c4ccccc4n5-c4ccc5ccccc5c4)cc32)cc1. The molecule has 0 unspecified atom stereocenters. The summed E-state index contributed by atoms with van der Waals surface area (Å²) in [5.74, 6) is 0. The van der Waals surface area contributed by atoms with Crippen LogP contribution >= 0.6 is 0 Å². The summed E-state index contributed by atoms with van der Waals surface area (Å²) in [7, 11) is 0. The normalized spacial score (nSPS) is 11.8. The number of fused-ring (bicyclic) bond motifs is 7. The zero-order chi connectivity index (χ0) is 27.6. The first-order chi connectivity index (χ1) is 20.8. The zero-order valence-electron chi connectivity index (χ0n) is 22.8. The van der Waals surface area contributed by atoms with E-state index < -0.39 is 0 Å². The first kappa shape index (κ1) is 23.1. The number of rotatable bonds is 3. The average Bonchev–Trinajstić information content (AvgIpc) is 3.57. The van der Waals surface area contributed by atoms with Gasteiger partial charge in [0.2, 0.25) is 0 Å². The lowest BCUT2D eigenvalue weighted by Crippen LogP contribution is -1.94. The Balaban J connectivity index is 1.34. The van der Waals surface area contributed by atoms with Crippen molar-refractivity contribution in [1.82, 2.24) is 14.1 Å². The van der Waals surface area contributed by atoms with E-state index >= 15 is 0 Å². The van der Waals surface area contributed by atoms with Gasteiger partial charge in [-0.3, -0.25) is 4.98 Å². The Morgan fingerprint density at radius 2 is 1.19 bits per heavy atom. The van der Waals surface area contributed by atoms with Crippen molar-refractivity contribution in [3.8, 4) is 22.5 Å². The lowest BCUT2D eigenvalue weighted by molar-refractivity contribution is 1.17. The Bertz CT molecular complexity index is 2460. The van der Waals surface area contributed by atoms with Crippen molar-refractivity contribution in [3.63, 3.8) is 0 Å². The van der Waals surface area contributed by atoms with Crippen molar-refractivity contribution < 1.29 is 0 Å². The molecule has 3 heterocycles. The van der Waals surface area contributed by atoms with E-state index in [1.165, 1.54) is 60.3 Å². The third kappa shape index (κ3) is 3.31. The molecule has 3 nitrogen and oxygen atoms in total. The van der Waals surface area contributed by atoms with Crippen LogP contribution in [0.1, 0.15) is 0 Å². The number of para-hydroxylation sites is 2. The number of hydrogen-bond acceptors (Lipinski definition) is 1. The lowest BCUT2D eigenvalue weighted by Gasteiger charge is -2.11. The maximum atomic E-state index is 4.46. The van der Waals surface area contributed by atoms with Gasteiger partial charge >= 0.3 is 0 Å². The molecular weight excluding hydrogens is 510 g/mol. The number of nitrogens with zero attached hydrogens (tertiary/aromatic N) is 3. The highest BCUT2D eigenvalue weighted by atomic mass is 15.0. The van der Waals surface area contributed by atoms with Crippen molar-refractivity contribution in [2.75, 3.05) is 0 Å². The molecule has 0 N–H and O–H groups in total. The van der Waals surface area contributed by atoms with Gasteiger partial charge in [-0.05, 0) is 70.4 Å². The maximum Gasteiger partial charge on any atom is 0.0571 e. The van der Waals surface area contributed by atoms with Crippen LogP contribution in [0.3, 0.4) is 0 Å². The van der Waals surface area contributed by atoms with Gasteiger partial charge in [0.25, 0.3) is 0 Å². The van der Waals surface area contributed by atoms with E-state index in [0.29, 0.717) is 0 Å². The number of aromatic nitrogens is 3. The molecule has 42 heavy (non-hydrogen) atoms. The van der Waals surface area contributed by atoms with Gasteiger partial charge in [-0.25, -0.2) is 0 Å². The molecule has 0 fully saturated rings.